The van der Waals surface area contributed by atoms with E-state index in [0.717, 1.165) is 0 Å². The Morgan fingerprint density at radius 2 is 2.00 bits per heavy atom. The Kier molecular flexibility index (Phi) is 4.32. The minimum absolute atomic E-state index is 0.445. The maximum absolute atomic E-state index is 10.2. The second-order valence-electron chi connectivity index (χ2n) is 1.12. The van der Waals surface area contributed by atoms with Crippen LogP contribution in [0.15, 0.2) is 0 Å². The number of rotatable bonds is 2. The van der Waals surface area contributed by atoms with Gasteiger partial charge in [-0.25, -0.2) is 4.79 Å². The Morgan fingerprint density at radius 1 is 1.44 bits per heavy atom. The first-order valence-electron chi connectivity index (χ1n) is 1.91. The van der Waals surface area contributed by atoms with Crippen molar-refractivity contribution in [1.82, 2.24) is 0 Å². The highest BCUT2D eigenvalue weighted by Crippen LogP contribution is 1.92. The van der Waals surface area contributed by atoms with Crippen LogP contribution in [0, 0.1) is 0 Å². The third-order valence-corrected chi connectivity index (χ3v) is 0.997. The molecule has 9 heavy (non-hydrogen) atoms. The van der Waals surface area contributed by atoms with Gasteiger partial charge in [-0.15, -0.1) is 0 Å². The Morgan fingerprint density at radius 3 is 2.33 bits per heavy atom. The second-order valence-corrected chi connectivity index (χ2v) is 1.56. The van der Waals surface area contributed by atoms with Crippen LogP contribution in [0.3, 0.4) is 0 Å². The monoisotopic (exact) mass is 245 g/mol. The highest BCUT2D eigenvalue weighted by molar-refractivity contribution is 14.1. The van der Waals surface area contributed by atoms with E-state index in [4.69, 9.17) is 0 Å². The van der Waals surface area contributed by atoms with Crippen LogP contribution in [0.2, 0.25) is 0 Å². The van der Waals surface area contributed by atoms with Gasteiger partial charge in [0.05, 0.1) is 0 Å². The predicted molar refractivity (Wildman–Crippen MR) is 35.0 cm³/mol. The average molecular weight is 245 g/mol. The molecule has 0 fully saturated rings. The van der Waals surface area contributed by atoms with Gasteiger partial charge in [-0.1, -0.05) is 0 Å². The van der Waals surface area contributed by atoms with E-state index in [1.165, 1.54) is 23.0 Å². The molecule has 0 rings (SSSR count). The zero-order chi connectivity index (χ0) is 7.28. The molecule has 0 aliphatic heterocycles. The minimum Gasteiger partial charge on any atom is -0.394 e. The van der Waals surface area contributed by atoms with E-state index in [2.05, 4.69) is 13.8 Å². The van der Waals surface area contributed by atoms with Crippen LogP contribution in [-0.2, 0) is 17.5 Å². The van der Waals surface area contributed by atoms with Crippen LogP contribution in [0.25, 0.3) is 0 Å². The fraction of sp³-hybridized carbons (Fsp3) is 0.333. The van der Waals surface area contributed by atoms with Crippen molar-refractivity contribution in [2.75, 3.05) is 0 Å². The van der Waals surface area contributed by atoms with Crippen LogP contribution in [0.5, 0.6) is 0 Å². The maximum atomic E-state index is 10.2. The summed E-state index contributed by atoms with van der Waals surface area (Å²) in [5.74, 6) is 2.93. The van der Waals surface area contributed by atoms with Crippen molar-refractivity contribution < 1.29 is 17.5 Å². The Hall–Kier alpha value is -0.370. The largest absolute Gasteiger partial charge is 0.394 e. The van der Waals surface area contributed by atoms with E-state index in [0.29, 0.717) is 0 Å². The van der Waals surface area contributed by atoms with Crippen molar-refractivity contribution in [3.05, 3.63) is 0 Å². The van der Waals surface area contributed by atoms with Crippen LogP contribution in [0.4, 0.5) is 0 Å². The lowest BCUT2D eigenvalue weighted by Crippen LogP contribution is -2.14. The summed E-state index contributed by atoms with van der Waals surface area (Å²) in [5.41, 5.74) is 0. The fourth-order valence-corrected chi connectivity index (χ4v) is 0.342. The van der Waals surface area contributed by atoms with Crippen LogP contribution >= 0.6 is 23.0 Å². The molecule has 0 aromatic carbocycles. The van der Waals surface area contributed by atoms with Gasteiger partial charge in [0.2, 0.25) is 0 Å². The summed E-state index contributed by atoms with van der Waals surface area (Å²) < 4.78 is 4.10. The standard InChI is InChI=1S/C3H4INO4/c4-8-2(6)1-3(7)9-5/h1,5H2. The molecule has 0 aromatic heterocycles. The molecule has 2 N–H and O–H groups in total. The van der Waals surface area contributed by atoms with Gasteiger partial charge in [0.1, 0.15) is 6.42 Å². The molecule has 0 aliphatic carbocycles. The fourth-order valence-electron chi connectivity index (χ4n) is 0.187. The van der Waals surface area contributed by atoms with Crippen molar-refractivity contribution in [2.24, 2.45) is 5.90 Å². The summed E-state index contributed by atoms with van der Waals surface area (Å²) in [6.45, 7) is 0. The molecule has 0 spiro atoms. The molecule has 0 radical (unpaired) electrons. The van der Waals surface area contributed by atoms with Gasteiger partial charge in [0.15, 0.2) is 23.0 Å². The number of halogens is 1. The molecule has 0 heterocycles. The van der Waals surface area contributed by atoms with Crippen molar-refractivity contribution >= 4 is 34.9 Å². The van der Waals surface area contributed by atoms with E-state index >= 15 is 0 Å². The SMILES string of the molecule is NOC(=O)CC(=O)OI. The minimum atomic E-state index is -0.809. The second kappa shape index (κ2) is 4.50. The third kappa shape index (κ3) is 4.15. The summed E-state index contributed by atoms with van der Waals surface area (Å²) in [5, 5.41) is 0. The number of carbonyl (C=O) groups excluding carboxylic acids is 2. The zero-order valence-corrected chi connectivity index (χ0v) is 6.45. The Bertz CT molecular complexity index is 111. The first-order chi connectivity index (χ1) is 4.20. The highest BCUT2D eigenvalue weighted by atomic mass is 127. The lowest BCUT2D eigenvalue weighted by atomic mass is 10.5. The van der Waals surface area contributed by atoms with Crippen LogP contribution in [-0.4, -0.2) is 11.9 Å². The molecule has 6 heteroatoms. The Labute approximate surface area is 65.1 Å². The van der Waals surface area contributed by atoms with Gasteiger partial charge in [0.25, 0.3) is 0 Å². The molecule has 0 saturated carbocycles. The van der Waals surface area contributed by atoms with Crippen LogP contribution in [0.1, 0.15) is 6.42 Å². The quantitative estimate of drug-likeness (QED) is 0.410. The van der Waals surface area contributed by atoms with Crippen molar-refractivity contribution in [3.63, 3.8) is 0 Å². The third-order valence-electron chi connectivity index (χ3n) is 0.506. The van der Waals surface area contributed by atoms with Crippen molar-refractivity contribution in [2.45, 2.75) is 6.42 Å². The topological polar surface area (TPSA) is 78.6 Å². The van der Waals surface area contributed by atoms with Gasteiger partial charge in [-0.2, -0.15) is 5.90 Å². The molecule has 0 atom stereocenters. The van der Waals surface area contributed by atoms with E-state index in [9.17, 15) is 9.59 Å². The number of hydrogen-bond acceptors (Lipinski definition) is 5. The molecule has 0 saturated heterocycles. The lowest BCUT2D eigenvalue weighted by Gasteiger charge is -1.92. The van der Waals surface area contributed by atoms with E-state index < -0.39 is 18.4 Å². The van der Waals surface area contributed by atoms with Gasteiger partial charge >= 0.3 is 11.9 Å². The summed E-state index contributed by atoms with van der Waals surface area (Å²) in [6, 6.07) is 0. The molecule has 0 aromatic rings. The van der Waals surface area contributed by atoms with Gasteiger partial charge in [-0.05, 0) is 0 Å². The molecule has 0 unspecified atom stereocenters. The van der Waals surface area contributed by atoms with Crippen molar-refractivity contribution in [3.8, 4) is 0 Å². The first kappa shape index (κ1) is 8.63. The highest BCUT2D eigenvalue weighted by Gasteiger charge is 2.09. The van der Waals surface area contributed by atoms with Gasteiger partial charge in [-0.3, -0.25) is 4.79 Å². The van der Waals surface area contributed by atoms with Gasteiger partial charge in [0, 0.05) is 0 Å². The smallest absolute Gasteiger partial charge is 0.335 e. The summed E-state index contributed by atoms with van der Waals surface area (Å²) in [4.78, 5) is 24.0. The molecule has 0 amide bonds. The average Bonchev–Trinajstić information content (AvgIpc) is 1.87. The molecular formula is C3H4INO4. The number of carbonyl (C=O) groups is 2. The number of hydrogen-bond donors (Lipinski definition) is 1. The van der Waals surface area contributed by atoms with Crippen molar-refractivity contribution in [1.29, 1.82) is 0 Å². The summed E-state index contributed by atoms with van der Waals surface area (Å²) >= 11 is 1.36. The molecule has 0 bridgehead atoms. The molecule has 0 aliphatic rings. The first-order valence-corrected chi connectivity index (χ1v) is 2.79. The van der Waals surface area contributed by atoms with E-state index in [1.54, 1.807) is 0 Å². The molecule has 5 nitrogen and oxygen atoms in total. The summed E-state index contributed by atoms with van der Waals surface area (Å²) in [7, 11) is 0. The van der Waals surface area contributed by atoms with E-state index in [-0.39, 0.29) is 0 Å². The summed E-state index contributed by atoms with van der Waals surface area (Å²) in [6.07, 6.45) is -0.445. The maximum Gasteiger partial charge on any atom is 0.335 e. The predicted octanol–water partition coefficient (Wildman–Crippen LogP) is -0.313. The lowest BCUT2D eigenvalue weighted by molar-refractivity contribution is -0.149. The zero-order valence-electron chi connectivity index (χ0n) is 4.30. The van der Waals surface area contributed by atoms with E-state index in [1.807, 2.05) is 0 Å². The Balaban J connectivity index is 3.47. The molecular weight excluding hydrogens is 241 g/mol. The van der Waals surface area contributed by atoms with Crippen LogP contribution < -0.4 is 5.90 Å². The molecule has 52 valence electrons. The van der Waals surface area contributed by atoms with Gasteiger partial charge < -0.3 is 7.90 Å². The normalized spacial score (nSPS) is 8.22. The number of nitrogens with two attached hydrogens (primary N) is 1.